The van der Waals surface area contributed by atoms with Crippen LogP contribution in [0.3, 0.4) is 0 Å². The molecule has 0 unspecified atom stereocenters. The first-order valence-corrected chi connectivity index (χ1v) is 6.06. The van der Waals surface area contributed by atoms with E-state index >= 15 is 0 Å². The van der Waals surface area contributed by atoms with Gasteiger partial charge in [0.25, 0.3) is 12.1 Å². The van der Waals surface area contributed by atoms with Crippen molar-refractivity contribution in [2.75, 3.05) is 13.1 Å². The fraction of sp³-hybridized carbons (Fsp3) is 0.385. The molecule has 0 aliphatic carbocycles. The highest BCUT2D eigenvalue weighted by molar-refractivity contribution is 5.61. The second kappa shape index (κ2) is 5.77. The highest BCUT2D eigenvalue weighted by Gasteiger charge is 2.16. The molecule has 19 heavy (non-hydrogen) atoms. The van der Waals surface area contributed by atoms with E-state index < -0.39 is 11.3 Å². The molecule has 0 N–H and O–H groups in total. The summed E-state index contributed by atoms with van der Waals surface area (Å²) in [6, 6.07) is 3.40. The zero-order valence-electron chi connectivity index (χ0n) is 10.3. The predicted octanol–water partition coefficient (Wildman–Crippen LogP) is 3.60. The van der Waals surface area contributed by atoms with Crippen LogP contribution in [0.25, 0.3) is 6.08 Å². The van der Waals surface area contributed by atoms with Crippen LogP contribution in [0.15, 0.2) is 24.4 Å². The number of nitrogens with zero attached hydrogens (tertiary/aromatic N) is 2. The van der Waals surface area contributed by atoms with Gasteiger partial charge in [0.15, 0.2) is 0 Å². The van der Waals surface area contributed by atoms with Crippen LogP contribution in [0.1, 0.15) is 30.4 Å². The summed E-state index contributed by atoms with van der Waals surface area (Å²) >= 11 is 0. The van der Waals surface area contributed by atoms with Gasteiger partial charge in [0.1, 0.15) is 0 Å². The summed E-state index contributed by atoms with van der Waals surface area (Å²) in [5, 5.41) is 10.9. The molecule has 1 fully saturated rings. The van der Waals surface area contributed by atoms with Gasteiger partial charge in [0.2, 0.25) is 0 Å². The van der Waals surface area contributed by atoms with Crippen LogP contribution >= 0.6 is 0 Å². The monoisotopic (exact) mass is 268 g/mol. The Morgan fingerprint density at radius 3 is 2.58 bits per heavy atom. The van der Waals surface area contributed by atoms with E-state index in [0.717, 1.165) is 38.1 Å². The van der Waals surface area contributed by atoms with E-state index in [4.69, 9.17) is 0 Å². The van der Waals surface area contributed by atoms with E-state index in [1.54, 1.807) is 6.20 Å². The first-order valence-electron chi connectivity index (χ1n) is 6.06. The van der Waals surface area contributed by atoms with Crippen molar-refractivity contribution in [1.82, 2.24) is 4.90 Å². The summed E-state index contributed by atoms with van der Waals surface area (Å²) in [5.74, 6) is 0. The van der Waals surface area contributed by atoms with Gasteiger partial charge < -0.3 is 4.90 Å². The minimum Gasteiger partial charge on any atom is -0.377 e. The van der Waals surface area contributed by atoms with Gasteiger partial charge in [-0.05, 0) is 37.3 Å². The van der Waals surface area contributed by atoms with Gasteiger partial charge in [-0.2, -0.15) is 0 Å². The van der Waals surface area contributed by atoms with Gasteiger partial charge >= 0.3 is 0 Å². The van der Waals surface area contributed by atoms with E-state index in [0.29, 0.717) is 0 Å². The van der Waals surface area contributed by atoms with Gasteiger partial charge in [0.05, 0.1) is 10.5 Å². The molecule has 6 heteroatoms. The molecule has 0 bridgehead atoms. The number of rotatable bonds is 4. The molecule has 0 spiro atoms. The van der Waals surface area contributed by atoms with E-state index in [2.05, 4.69) is 0 Å². The zero-order valence-corrected chi connectivity index (χ0v) is 10.3. The summed E-state index contributed by atoms with van der Waals surface area (Å²) < 4.78 is 25.2. The summed E-state index contributed by atoms with van der Waals surface area (Å²) in [6.07, 6.45) is 2.83. The smallest absolute Gasteiger partial charge is 0.276 e. The third kappa shape index (κ3) is 3.27. The van der Waals surface area contributed by atoms with Crippen molar-refractivity contribution in [2.24, 2.45) is 0 Å². The molecule has 1 aromatic rings. The Bertz CT molecular complexity index is 497. The fourth-order valence-electron chi connectivity index (χ4n) is 2.08. The van der Waals surface area contributed by atoms with Crippen LogP contribution < -0.4 is 0 Å². The number of likely N-dealkylation sites (tertiary alicyclic amines) is 1. The molecular formula is C13H14F2N2O2. The lowest BCUT2D eigenvalue weighted by Crippen LogP contribution is -2.10. The fourth-order valence-corrected chi connectivity index (χ4v) is 2.08. The van der Waals surface area contributed by atoms with Crippen LogP contribution in [-0.4, -0.2) is 22.9 Å². The maximum atomic E-state index is 12.6. The van der Waals surface area contributed by atoms with Crippen molar-refractivity contribution in [3.05, 3.63) is 45.6 Å². The lowest BCUT2D eigenvalue weighted by Gasteiger charge is -2.10. The highest BCUT2D eigenvalue weighted by Crippen LogP contribution is 2.27. The largest absolute Gasteiger partial charge is 0.377 e. The topological polar surface area (TPSA) is 46.4 Å². The van der Waals surface area contributed by atoms with E-state index in [9.17, 15) is 18.9 Å². The van der Waals surface area contributed by atoms with Crippen molar-refractivity contribution in [3.8, 4) is 0 Å². The van der Waals surface area contributed by atoms with Crippen LogP contribution in [0, 0.1) is 10.1 Å². The van der Waals surface area contributed by atoms with E-state index in [1.807, 2.05) is 4.90 Å². The number of hydrogen-bond acceptors (Lipinski definition) is 3. The van der Waals surface area contributed by atoms with Crippen molar-refractivity contribution >= 4 is 11.8 Å². The Balaban J connectivity index is 2.28. The number of nitro groups is 1. The molecule has 102 valence electrons. The molecule has 1 heterocycles. The quantitative estimate of drug-likeness (QED) is 0.619. The number of benzene rings is 1. The molecule has 0 radical (unpaired) electrons. The Hall–Kier alpha value is -1.98. The summed E-state index contributed by atoms with van der Waals surface area (Å²) in [5.41, 5.74) is -0.138. The number of nitro benzene ring substituents is 1. The van der Waals surface area contributed by atoms with Crippen molar-refractivity contribution in [1.29, 1.82) is 0 Å². The summed E-state index contributed by atoms with van der Waals surface area (Å²) in [6.45, 7) is 1.80. The molecule has 0 amide bonds. The van der Waals surface area contributed by atoms with Gasteiger partial charge in [-0.15, -0.1) is 0 Å². The SMILES string of the molecule is O=[N+]([O-])c1ccc(C(F)F)cc1/C=C/N1CCCC1. The van der Waals surface area contributed by atoms with E-state index in [-0.39, 0.29) is 16.8 Å². The lowest BCUT2D eigenvalue weighted by atomic mass is 10.1. The Morgan fingerprint density at radius 2 is 2.00 bits per heavy atom. The molecular weight excluding hydrogens is 254 g/mol. The Kier molecular flexibility index (Phi) is 4.09. The Morgan fingerprint density at radius 1 is 1.32 bits per heavy atom. The van der Waals surface area contributed by atoms with Crippen molar-refractivity contribution in [3.63, 3.8) is 0 Å². The predicted molar refractivity (Wildman–Crippen MR) is 67.9 cm³/mol. The maximum absolute atomic E-state index is 12.6. The summed E-state index contributed by atoms with van der Waals surface area (Å²) in [7, 11) is 0. The highest BCUT2D eigenvalue weighted by atomic mass is 19.3. The number of hydrogen-bond donors (Lipinski definition) is 0. The normalized spacial score (nSPS) is 15.6. The third-order valence-electron chi connectivity index (χ3n) is 3.11. The zero-order chi connectivity index (χ0) is 13.8. The first-order chi connectivity index (χ1) is 9.08. The minimum atomic E-state index is -2.63. The molecule has 1 aromatic carbocycles. The average Bonchev–Trinajstić information content (AvgIpc) is 2.88. The van der Waals surface area contributed by atoms with Crippen LogP contribution in [-0.2, 0) is 0 Å². The Labute approximate surface area is 109 Å². The molecule has 1 aliphatic rings. The molecule has 2 rings (SSSR count). The molecule has 0 saturated carbocycles. The molecule has 4 nitrogen and oxygen atoms in total. The number of halogens is 2. The second-order valence-corrected chi connectivity index (χ2v) is 4.43. The van der Waals surface area contributed by atoms with Gasteiger partial charge in [0, 0.05) is 24.7 Å². The van der Waals surface area contributed by atoms with Gasteiger partial charge in [-0.25, -0.2) is 8.78 Å². The average molecular weight is 268 g/mol. The third-order valence-corrected chi connectivity index (χ3v) is 3.11. The minimum absolute atomic E-state index is 0.153. The molecule has 1 saturated heterocycles. The van der Waals surface area contributed by atoms with Gasteiger partial charge in [-0.3, -0.25) is 10.1 Å². The van der Waals surface area contributed by atoms with Crippen LogP contribution in [0.5, 0.6) is 0 Å². The summed E-state index contributed by atoms with van der Waals surface area (Å²) in [4.78, 5) is 12.3. The molecule has 0 atom stereocenters. The van der Waals surface area contributed by atoms with Crippen LogP contribution in [0.4, 0.5) is 14.5 Å². The van der Waals surface area contributed by atoms with Crippen molar-refractivity contribution in [2.45, 2.75) is 19.3 Å². The van der Waals surface area contributed by atoms with Gasteiger partial charge in [-0.1, -0.05) is 0 Å². The van der Waals surface area contributed by atoms with E-state index in [1.165, 1.54) is 12.1 Å². The van der Waals surface area contributed by atoms with Crippen LogP contribution in [0.2, 0.25) is 0 Å². The molecule has 0 aromatic heterocycles. The van der Waals surface area contributed by atoms with Crippen molar-refractivity contribution < 1.29 is 13.7 Å². The maximum Gasteiger partial charge on any atom is 0.276 e. The lowest BCUT2D eigenvalue weighted by molar-refractivity contribution is -0.385. The second-order valence-electron chi connectivity index (χ2n) is 4.43. The standard InChI is InChI=1S/C13H14F2N2O2/c14-13(15)11-3-4-12(17(18)19)10(9-11)5-8-16-6-1-2-7-16/h3-5,8-9,13H,1-2,6-7H2/b8-5+. The molecule has 1 aliphatic heterocycles. The number of alkyl halides is 2. The first kappa shape index (κ1) is 13.5.